The van der Waals surface area contributed by atoms with Crippen molar-refractivity contribution in [3.8, 4) is 0 Å². The highest BCUT2D eigenvalue weighted by molar-refractivity contribution is 7.73. The van der Waals surface area contributed by atoms with Gasteiger partial charge in [-0.25, -0.2) is 0 Å². The molecule has 1 aromatic heterocycles. The molecule has 1 atom stereocenters. The van der Waals surface area contributed by atoms with Crippen molar-refractivity contribution in [1.82, 2.24) is 4.98 Å². The number of aryl methyl sites for hydroxylation is 1. The maximum Gasteiger partial charge on any atom is 0.309 e. The van der Waals surface area contributed by atoms with Gasteiger partial charge in [0, 0.05) is 10.6 Å². The highest BCUT2D eigenvalue weighted by Gasteiger charge is 2.26. The van der Waals surface area contributed by atoms with Gasteiger partial charge in [-0.1, -0.05) is 0 Å². The lowest BCUT2D eigenvalue weighted by Gasteiger charge is -2.18. The number of carbonyl (C=O) groups is 1. The van der Waals surface area contributed by atoms with E-state index in [9.17, 15) is 4.79 Å². The molecule has 0 unspecified atom stereocenters. The van der Waals surface area contributed by atoms with Gasteiger partial charge in [-0.2, -0.15) is 0 Å². The third-order valence-corrected chi connectivity index (χ3v) is 3.81. The summed E-state index contributed by atoms with van der Waals surface area (Å²) in [4.78, 5) is 15.7. The van der Waals surface area contributed by atoms with Crippen LogP contribution in [0, 0.1) is 9.87 Å². The van der Waals surface area contributed by atoms with E-state index in [2.05, 4.69) is 4.98 Å². The van der Waals surface area contributed by atoms with Crippen LogP contribution in [0.3, 0.4) is 0 Å². The molecular weight excluding hydrogens is 218 g/mol. The van der Waals surface area contributed by atoms with Crippen molar-refractivity contribution in [2.75, 3.05) is 7.11 Å². The molecule has 0 fully saturated rings. The van der Waals surface area contributed by atoms with E-state index in [0.29, 0.717) is 0 Å². The van der Waals surface area contributed by atoms with Gasteiger partial charge in [-0.15, -0.1) is 11.3 Å². The molecule has 0 aliphatic heterocycles. The standard InChI is InChI=1S/C9H11NO2S2/c1-12-8(11)5-2-3-6-7(4-5)14-9(13)10-6/h5H,2-4H2,1H3,(H,10,13)/t5-/m1/s1. The Hall–Kier alpha value is -0.680. The van der Waals surface area contributed by atoms with E-state index < -0.39 is 0 Å². The molecule has 5 heteroatoms. The lowest BCUT2D eigenvalue weighted by atomic mass is 9.91. The number of nitrogens with one attached hydrogen (secondary N) is 1. The Kier molecular flexibility index (Phi) is 2.69. The van der Waals surface area contributed by atoms with Crippen molar-refractivity contribution in [1.29, 1.82) is 0 Å². The van der Waals surface area contributed by atoms with Crippen LogP contribution in [0.25, 0.3) is 0 Å². The van der Waals surface area contributed by atoms with Crippen LogP contribution in [0.4, 0.5) is 0 Å². The minimum absolute atomic E-state index is 0.0222. The van der Waals surface area contributed by atoms with Crippen molar-refractivity contribution in [2.45, 2.75) is 19.3 Å². The van der Waals surface area contributed by atoms with Gasteiger partial charge in [0.25, 0.3) is 0 Å². The number of methoxy groups -OCH3 is 1. The second kappa shape index (κ2) is 3.82. The number of hydrogen-bond donors (Lipinski definition) is 1. The number of H-pyrrole nitrogens is 1. The quantitative estimate of drug-likeness (QED) is 0.592. The first-order valence-electron chi connectivity index (χ1n) is 4.49. The van der Waals surface area contributed by atoms with Crippen LogP contribution in [-0.4, -0.2) is 18.1 Å². The minimum Gasteiger partial charge on any atom is -0.469 e. The van der Waals surface area contributed by atoms with E-state index in [1.165, 1.54) is 17.7 Å². The number of thiazole rings is 1. The van der Waals surface area contributed by atoms with Crippen LogP contribution in [0.5, 0.6) is 0 Å². The predicted molar refractivity (Wildman–Crippen MR) is 57.0 cm³/mol. The van der Waals surface area contributed by atoms with Crippen LogP contribution in [0.1, 0.15) is 17.0 Å². The normalized spacial score (nSPS) is 20.2. The van der Waals surface area contributed by atoms with E-state index in [0.717, 1.165) is 23.2 Å². The summed E-state index contributed by atoms with van der Waals surface area (Å²) in [6.07, 6.45) is 2.55. The molecule has 1 aromatic rings. The van der Waals surface area contributed by atoms with Crippen molar-refractivity contribution < 1.29 is 9.53 Å². The van der Waals surface area contributed by atoms with Crippen molar-refractivity contribution >= 4 is 29.5 Å². The molecule has 2 rings (SSSR count). The monoisotopic (exact) mass is 229 g/mol. The Balaban J connectivity index is 2.20. The van der Waals surface area contributed by atoms with Gasteiger partial charge in [0.1, 0.15) is 0 Å². The molecule has 0 saturated heterocycles. The van der Waals surface area contributed by atoms with Crippen LogP contribution >= 0.6 is 23.6 Å². The zero-order chi connectivity index (χ0) is 10.1. The fraction of sp³-hybridized carbons (Fsp3) is 0.556. The molecule has 1 heterocycles. The number of ether oxygens (including phenoxy) is 1. The van der Waals surface area contributed by atoms with Gasteiger partial charge in [0.15, 0.2) is 3.95 Å². The van der Waals surface area contributed by atoms with Gasteiger partial charge in [0.05, 0.1) is 13.0 Å². The van der Waals surface area contributed by atoms with Crippen LogP contribution < -0.4 is 0 Å². The van der Waals surface area contributed by atoms with Gasteiger partial charge < -0.3 is 9.72 Å². The molecule has 0 amide bonds. The highest BCUT2D eigenvalue weighted by Crippen LogP contribution is 2.28. The maximum absolute atomic E-state index is 11.3. The largest absolute Gasteiger partial charge is 0.469 e. The first-order valence-corrected chi connectivity index (χ1v) is 5.72. The summed E-state index contributed by atoms with van der Waals surface area (Å²) >= 11 is 6.63. The summed E-state index contributed by atoms with van der Waals surface area (Å²) in [5.41, 5.74) is 1.21. The number of rotatable bonds is 1. The second-order valence-electron chi connectivity index (χ2n) is 3.38. The van der Waals surface area contributed by atoms with E-state index in [1.807, 2.05) is 0 Å². The van der Waals surface area contributed by atoms with Crippen molar-refractivity contribution in [3.63, 3.8) is 0 Å². The van der Waals surface area contributed by atoms with Gasteiger partial charge in [0.2, 0.25) is 0 Å². The van der Waals surface area contributed by atoms with Crippen molar-refractivity contribution in [2.24, 2.45) is 5.92 Å². The van der Waals surface area contributed by atoms with Crippen molar-refractivity contribution in [3.05, 3.63) is 14.5 Å². The second-order valence-corrected chi connectivity index (χ2v) is 5.15. The van der Waals surface area contributed by atoms with Crippen LogP contribution in [0.15, 0.2) is 0 Å². The molecule has 0 radical (unpaired) electrons. The summed E-state index contributed by atoms with van der Waals surface area (Å²) in [6.45, 7) is 0. The molecule has 1 N–H and O–H groups in total. The Morgan fingerprint density at radius 3 is 3.21 bits per heavy atom. The maximum atomic E-state index is 11.3. The summed E-state index contributed by atoms with van der Waals surface area (Å²) in [5, 5.41) is 0. The van der Waals surface area contributed by atoms with Gasteiger partial charge in [-0.05, 0) is 31.5 Å². The zero-order valence-corrected chi connectivity index (χ0v) is 9.46. The molecule has 14 heavy (non-hydrogen) atoms. The zero-order valence-electron chi connectivity index (χ0n) is 7.83. The molecule has 76 valence electrons. The third kappa shape index (κ3) is 1.74. The number of fused-ring (bicyclic) bond motifs is 1. The van der Waals surface area contributed by atoms with E-state index >= 15 is 0 Å². The summed E-state index contributed by atoms with van der Waals surface area (Å²) < 4.78 is 5.55. The lowest BCUT2D eigenvalue weighted by molar-refractivity contribution is -0.145. The molecule has 3 nitrogen and oxygen atoms in total. The molecule has 1 aliphatic carbocycles. The summed E-state index contributed by atoms with van der Waals surface area (Å²) in [6, 6.07) is 0. The number of esters is 1. The number of carbonyl (C=O) groups excluding carboxylic acids is 1. The van der Waals surface area contributed by atoms with E-state index in [1.54, 1.807) is 11.3 Å². The van der Waals surface area contributed by atoms with Gasteiger partial charge in [-0.3, -0.25) is 4.79 Å². The SMILES string of the molecule is COC(=O)[C@@H]1CCc2[nH]c(=S)sc2C1. The summed E-state index contributed by atoms with van der Waals surface area (Å²) in [5.74, 6) is -0.0797. The number of aromatic amines is 1. The average Bonchev–Trinajstić information content (AvgIpc) is 2.55. The third-order valence-electron chi connectivity index (χ3n) is 2.51. The Labute approximate surface area is 91.1 Å². The Bertz CT molecular complexity index is 407. The lowest BCUT2D eigenvalue weighted by Crippen LogP contribution is -2.22. The smallest absolute Gasteiger partial charge is 0.309 e. The molecule has 1 aliphatic rings. The first-order chi connectivity index (χ1) is 6.70. The van der Waals surface area contributed by atoms with Crippen LogP contribution in [0.2, 0.25) is 0 Å². The molecule has 0 spiro atoms. The molecular formula is C9H11NO2S2. The van der Waals surface area contributed by atoms with E-state index in [4.69, 9.17) is 17.0 Å². The molecule has 0 bridgehead atoms. The highest BCUT2D eigenvalue weighted by atomic mass is 32.1. The topological polar surface area (TPSA) is 42.1 Å². The predicted octanol–water partition coefficient (Wildman–Crippen LogP) is 2.08. The van der Waals surface area contributed by atoms with Gasteiger partial charge >= 0.3 is 5.97 Å². The fourth-order valence-electron chi connectivity index (χ4n) is 1.77. The Morgan fingerprint density at radius 2 is 2.50 bits per heavy atom. The minimum atomic E-state index is -0.102. The Morgan fingerprint density at radius 1 is 1.71 bits per heavy atom. The average molecular weight is 229 g/mol. The fourth-order valence-corrected chi connectivity index (χ4v) is 3.15. The van der Waals surface area contributed by atoms with Crippen LogP contribution in [-0.2, 0) is 22.4 Å². The molecule has 0 aromatic carbocycles. The number of aromatic nitrogens is 1. The summed E-state index contributed by atoms with van der Waals surface area (Å²) in [7, 11) is 1.44. The first kappa shape index (κ1) is 9.86. The molecule has 0 saturated carbocycles. The number of hydrogen-bond acceptors (Lipinski definition) is 4. The van der Waals surface area contributed by atoms with E-state index in [-0.39, 0.29) is 11.9 Å².